The fraction of sp³-hybridized carbons (Fsp3) is 0.474. The quantitative estimate of drug-likeness (QED) is 0.890. The number of rotatable bonds is 4. The highest BCUT2D eigenvalue weighted by Crippen LogP contribution is 2.26. The van der Waals surface area contributed by atoms with Crippen molar-refractivity contribution in [2.75, 3.05) is 50.6 Å². The van der Waals surface area contributed by atoms with Gasteiger partial charge in [-0.15, -0.1) is 0 Å². The van der Waals surface area contributed by atoms with Crippen LogP contribution in [0.5, 0.6) is 5.75 Å². The Hall–Kier alpha value is -2.38. The summed E-state index contributed by atoms with van der Waals surface area (Å²) in [5.41, 5.74) is 9.71. The van der Waals surface area contributed by atoms with Gasteiger partial charge < -0.3 is 20.1 Å². The zero-order valence-electron chi connectivity index (χ0n) is 15.1. The average Bonchev–Trinajstić information content (AvgIpc) is 2.69. The molecular weight excluding hydrogens is 330 g/mol. The topological polar surface area (TPSA) is 76.7 Å². The third-order valence-corrected chi connectivity index (χ3v) is 5.02. The second-order valence-electron chi connectivity index (χ2n) is 6.74. The Morgan fingerprint density at radius 3 is 2.62 bits per heavy atom. The highest BCUT2D eigenvalue weighted by atomic mass is 16.5. The molecule has 7 nitrogen and oxygen atoms in total. The van der Waals surface area contributed by atoms with Gasteiger partial charge in [-0.1, -0.05) is 12.1 Å². The summed E-state index contributed by atoms with van der Waals surface area (Å²) in [5.74, 6) is 2.23. The molecule has 2 aliphatic heterocycles. The second kappa shape index (κ2) is 7.47. The van der Waals surface area contributed by atoms with Crippen LogP contribution >= 0.6 is 0 Å². The first-order valence-electron chi connectivity index (χ1n) is 9.06. The Balaban J connectivity index is 1.47. The average molecular weight is 355 g/mol. The van der Waals surface area contributed by atoms with Gasteiger partial charge in [0, 0.05) is 44.7 Å². The van der Waals surface area contributed by atoms with Crippen molar-refractivity contribution in [1.29, 1.82) is 0 Å². The van der Waals surface area contributed by atoms with E-state index in [2.05, 4.69) is 26.9 Å². The zero-order valence-corrected chi connectivity index (χ0v) is 15.1. The van der Waals surface area contributed by atoms with Crippen LogP contribution in [0.4, 0.5) is 11.8 Å². The van der Waals surface area contributed by atoms with Crippen LogP contribution in [-0.2, 0) is 24.2 Å². The van der Waals surface area contributed by atoms with Gasteiger partial charge in [0.1, 0.15) is 11.6 Å². The van der Waals surface area contributed by atoms with E-state index in [1.165, 1.54) is 5.56 Å². The maximum Gasteiger partial charge on any atom is 0.227 e. The number of nitrogens with zero attached hydrogens (tertiary/aromatic N) is 4. The summed E-state index contributed by atoms with van der Waals surface area (Å²) in [6.07, 6.45) is 0.898. The largest absolute Gasteiger partial charge is 0.497 e. The van der Waals surface area contributed by atoms with Gasteiger partial charge in [0.25, 0.3) is 0 Å². The molecule has 0 spiro atoms. The van der Waals surface area contributed by atoms with Crippen molar-refractivity contribution in [3.63, 3.8) is 0 Å². The van der Waals surface area contributed by atoms with E-state index in [9.17, 15) is 0 Å². The summed E-state index contributed by atoms with van der Waals surface area (Å²) >= 11 is 0. The predicted molar refractivity (Wildman–Crippen MR) is 100 cm³/mol. The first-order valence-corrected chi connectivity index (χ1v) is 9.06. The molecule has 7 heteroatoms. The van der Waals surface area contributed by atoms with Crippen molar-refractivity contribution in [3.05, 3.63) is 41.1 Å². The standard InChI is InChI=1S/C19H25N5O2/c1-25-15-4-2-14(3-5-15)12-23-7-6-17-16(13-23)18(20)22-19(21-17)24-8-10-26-11-9-24/h2-5H,6-13H2,1H3,(H2,20,21,22). The van der Waals surface area contributed by atoms with Gasteiger partial charge in [0.05, 0.1) is 26.0 Å². The number of hydrogen-bond donors (Lipinski definition) is 1. The SMILES string of the molecule is COc1ccc(CN2CCc3nc(N4CCOCC4)nc(N)c3C2)cc1. The lowest BCUT2D eigenvalue weighted by Crippen LogP contribution is -2.38. The Kier molecular flexibility index (Phi) is 4.90. The van der Waals surface area contributed by atoms with E-state index in [1.54, 1.807) is 7.11 Å². The van der Waals surface area contributed by atoms with Crippen LogP contribution in [0.3, 0.4) is 0 Å². The number of morpholine rings is 1. The molecule has 138 valence electrons. The molecule has 0 amide bonds. The highest BCUT2D eigenvalue weighted by Gasteiger charge is 2.23. The molecule has 4 rings (SSSR count). The van der Waals surface area contributed by atoms with Crippen molar-refractivity contribution in [1.82, 2.24) is 14.9 Å². The lowest BCUT2D eigenvalue weighted by Gasteiger charge is -2.31. The molecule has 0 saturated carbocycles. The lowest BCUT2D eigenvalue weighted by molar-refractivity contribution is 0.122. The van der Waals surface area contributed by atoms with Gasteiger partial charge >= 0.3 is 0 Å². The number of benzene rings is 1. The van der Waals surface area contributed by atoms with Crippen molar-refractivity contribution < 1.29 is 9.47 Å². The van der Waals surface area contributed by atoms with Gasteiger partial charge in [0.2, 0.25) is 5.95 Å². The third kappa shape index (κ3) is 3.59. The number of fused-ring (bicyclic) bond motifs is 1. The number of nitrogens with two attached hydrogens (primary N) is 1. The van der Waals surface area contributed by atoms with E-state index in [4.69, 9.17) is 20.2 Å². The summed E-state index contributed by atoms with van der Waals surface area (Å²) in [7, 11) is 1.69. The minimum Gasteiger partial charge on any atom is -0.497 e. The van der Waals surface area contributed by atoms with Crippen LogP contribution in [0.1, 0.15) is 16.8 Å². The molecule has 1 aromatic heterocycles. The summed E-state index contributed by atoms with van der Waals surface area (Å²) in [4.78, 5) is 13.9. The van der Waals surface area contributed by atoms with Gasteiger partial charge in [-0.05, 0) is 17.7 Å². The van der Waals surface area contributed by atoms with E-state index < -0.39 is 0 Å². The maximum atomic E-state index is 6.29. The van der Waals surface area contributed by atoms with Crippen LogP contribution < -0.4 is 15.4 Å². The lowest BCUT2D eigenvalue weighted by atomic mass is 10.1. The predicted octanol–water partition coefficient (Wildman–Crippen LogP) is 1.46. The molecule has 2 N–H and O–H groups in total. The number of hydrogen-bond acceptors (Lipinski definition) is 7. The van der Waals surface area contributed by atoms with E-state index in [0.717, 1.165) is 75.3 Å². The van der Waals surface area contributed by atoms with Crippen LogP contribution in [-0.4, -0.2) is 54.8 Å². The molecule has 1 saturated heterocycles. The summed E-state index contributed by atoms with van der Waals surface area (Å²) in [6, 6.07) is 8.21. The number of aromatic nitrogens is 2. The van der Waals surface area contributed by atoms with Crippen LogP contribution in [0.2, 0.25) is 0 Å². The van der Waals surface area contributed by atoms with E-state index in [0.29, 0.717) is 5.82 Å². The number of anilines is 2. The smallest absolute Gasteiger partial charge is 0.227 e. The van der Waals surface area contributed by atoms with Crippen LogP contribution in [0.25, 0.3) is 0 Å². The van der Waals surface area contributed by atoms with E-state index in [-0.39, 0.29) is 0 Å². The molecule has 0 atom stereocenters. The Morgan fingerprint density at radius 2 is 1.88 bits per heavy atom. The zero-order chi connectivity index (χ0) is 17.9. The third-order valence-electron chi connectivity index (χ3n) is 5.02. The van der Waals surface area contributed by atoms with E-state index in [1.807, 2.05) is 12.1 Å². The maximum absolute atomic E-state index is 6.29. The fourth-order valence-corrected chi connectivity index (χ4v) is 3.51. The molecule has 0 aliphatic carbocycles. The summed E-state index contributed by atoms with van der Waals surface area (Å²) in [6.45, 7) is 5.72. The minimum absolute atomic E-state index is 0.607. The summed E-state index contributed by atoms with van der Waals surface area (Å²) < 4.78 is 10.6. The van der Waals surface area contributed by atoms with Crippen molar-refractivity contribution in [2.24, 2.45) is 0 Å². The Labute approximate surface area is 153 Å². The van der Waals surface area contributed by atoms with Gasteiger partial charge in [-0.2, -0.15) is 4.98 Å². The Bertz CT molecular complexity index is 759. The van der Waals surface area contributed by atoms with Crippen LogP contribution in [0, 0.1) is 0 Å². The first-order chi connectivity index (χ1) is 12.7. The van der Waals surface area contributed by atoms with E-state index >= 15 is 0 Å². The van der Waals surface area contributed by atoms with Crippen LogP contribution in [0.15, 0.2) is 24.3 Å². The monoisotopic (exact) mass is 355 g/mol. The molecule has 1 fully saturated rings. The molecular formula is C19H25N5O2. The number of methoxy groups -OCH3 is 1. The molecule has 0 bridgehead atoms. The van der Waals surface area contributed by atoms with Gasteiger partial charge in [0.15, 0.2) is 0 Å². The first kappa shape index (κ1) is 17.1. The van der Waals surface area contributed by atoms with Crippen molar-refractivity contribution >= 4 is 11.8 Å². The molecule has 26 heavy (non-hydrogen) atoms. The normalized spacial score (nSPS) is 17.8. The highest BCUT2D eigenvalue weighted by molar-refractivity contribution is 5.49. The molecule has 0 radical (unpaired) electrons. The number of nitrogen functional groups attached to an aromatic ring is 1. The van der Waals surface area contributed by atoms with Crippen molar-refractivity contribution in [3.8, 4) is 5.75 Å². The minimum atomic E-state index is 0.607. The second-order valence-corrected chi connectivity index (χ2v) is 6.74. The molecule has 2 aliphatic rings. The Morgan fingerprint density at radius 1 is 1.12 bits per heavy atom. The fourth-order valence-electron chi connectivity index (χ4n) is 3.51. The number of ether oxygens (including phenoxy) is 2. The molecule has 1 aromatic carbocycles. The molecule has 0 unspecified atom stereocenters. The molecule has 3 heterocycles. The van der Waals surface area contributed by atoms with Gasteiger partial charge in [-0.25, -0.2) is 4.98 Å². The molecule has 2 aromatic rings. The van der Waals surface area contributed by atoms with Crippen molar-refractivity contribution in [2.45, 2.75) is 19.5 Å². The summed E-state index contributed by atoms with van der Waals surface area (Å²) in [5, 5.41) is 0. The van der Waals surface area contributed by atoms with Gasteiger partial charge in [-0.3, -0.25) is 4.90 Å².